The molecular weight excluding hydrogens is 544 g/mol. The molecule has 6 rings (SSSR count). The number of piperazine rings is 1. The Morgan fingerprint density at radius 2 is 1.74 bits per heavy atom. The number of imidazole rings is 1. The van der Waals surface area contributed by atoms with Crippen molar-refractivity contribution in [3.05, 3.63) is 89.0 Å². The van der Waals surface area contributed by atoms with Gasteiger partial charge in [-0.1, -0.05) is 12.1 Å². The second kappa shape index (κ2) is 11.3. The van der Waals surface area contributed by atoms with Gasteiger partial charge in [-0.05, 0) is 68.8 Å². The van der Waals surface area contributed by atoms with E-state index in [2.05, 4.69) is 39.1 Å². The molecule has 5 aromatic rings. The fraction of sp³-hybridized carbons (Fsp3) is 0.281. The molecule has 0 atom stereocenters. The highest BCUT2D eigenvalue weighted by Crippen LogP contribution is 2.31. The Morgan fingerprint density at radius 1 is 0.977 bits per heavy atom. The number of aromatic amines is 1. The van der Waals surface area contributed by atoms with E-state index in [1.165, 1.54) is 6.07 Å². The van der Waals surface area contributed by atoms with E-state index >= 15 is 0 Å². The number of anilines is 1. The van der Waals surface area contributed by atoms with Gasteiger partial charge in [-0.25, -0.2) is 19.7 Å². The number of benzene rings is 1. The van der Waals surface area contributed by atoms with E-state index in [1.54, 1.807) is 23.4 Å². The van der Waals surface area contributed by atoms with Gasteiger partial charge in [0.2, 0.25) is 5.56 Å². The molecule has 0 radical (unpaired) electrons. The lowest BCUT2D eigenvalue weighted by atomic mass is 10.1. The van der Waals surface area contributed by atoms with Crippen LogP contribution in [0.5, 0.6) is 0 Å². The van der Waals surface area contributed by atoms with Gasteiger partial charge in [-0.3, -0.25) is 14.3 Å². The number of carbonyl (C=O) groups excluding carboxylic acids is 1. The smallest absolute Gasteiger partial charge is 0.410 e. The number of nitrogens with one attached hydrogen (secondary N) is 1. The van der Waals surface area contributed by atoms with E-state index in [1.807, 2.05) is 49.6 Å². The van der Waals surface area contributed by atoms with Gasteiger partial charge >= 0.3 is 6.09 Å². The summed E-state index contributed by atoms with van der Waals surface area (Å²) in [5, 5.41) is 0. The first kappa shape index (κ1) is 28.1. The van der Waals surface area contributed by atoms with Crippen LogP contribution in [0, 0.1) is 0 Å². The van der Waals surface area contributed by atoms with E-state index in [4.69, 9.17) is 20.4 Å². The third kappa shape index (κ3) is 6.12. The van der Waals surface area contributed by atoms with Crippen LogP contribution in [-0.2, 0) is 11.3 Å². The van der Waals surface area contributed by atoms with Crippen molar-refractivity contribution in [1.29, 1.82) is 0 Å². The van der Waals surface area contributed by atoms with Crippen LogP contribution in [-0.4, -0.2) is 72.2 Å². The van der Waals surface area contributed by atoms with Gasteiger partial charge in [0.05, 0.1) is 11.3 Å². The van der Waals surface area contributed by atoms with Crippen molar-refractivity contribution in [1.82, 2.24) is 34.3 Å². The first-order valence-corrected chi connectivity index (χ1v) is 14.2. The molecule has 1 aliphatic rings. The number of nitrogens with two attached hydrogens (primary N) is 1. The summed E-state index contributed by atoms with van der Waals surface area (Å²) in [5.74, 6) is 1.01. The molecule has 0 aliphatic carbocycles. The van der Waals surface area contributed by atoms with Gasteiger partial charge in [0.15, 0.2) is 11.5 Å². The maximum absolute atomic E-state index is 12.4. The molecule has 3 N–H and O–H groups in total. The van der Waals surface area contributed by atoms with E-state index in [0.717, 1.165) is 36.4 Å². The lowest BCUT2D eigenvalue weighted by Gasteiger charge is -2.35. The molecule has 1 aliphatic heterocycles. The fourth-order valence-electron chi connectivity index (χ4n) is 5.14. The van der Waals surface area contributed by atoms with Gasteiger partial charge in [-0.15, -0.1) is 0 Å². The van der Waals surface area contributed by atoms with Crippen LogP contribution in [0.4, 0.5) is 10.6 Å². The van der Waals surface area contributed by atoms with Crippen LogP contribution in [0.25, 0.3) is 39.5 Å². The third-order valence-electron chi connectivity index (χ3n) is 7.29. The van der Waals surface area contributed by atoms with Crippen LogP contribution in [0.3, 0.4) is 0 Å². The van der Waals surface area contributed by atoms with Crippen molar-refractivity contribution in [3.63, 3.8) is 0 Å². The van der Waals surface area contributed by atoms with Crippen LogP contribution in [0.1, 0.15) is 26.3 Å². The number of amides is 1. The second-order valence-electron chi connectivity index (χ2n) is 11.6. The summed E-state index contributed by atoms with van der Waals surface area (Å²) < 4.78 is 7.51. The topological polar surface area (TPSA) is 135 Å². The van der Waals surface area contributed by atoms with Crippen LogP contribution in [0.2, 0.25) is 0 Å². The highest BCUT2D eigenvalue weighted by molar-refractivity contribution is 5.84. The summed E-state index contributed by atoms with van der Waals surface area (Å²) >= 11 is 0. The quantitative estimate of drug-likeness (QED) is 0.312. The SMILES string of the molecule is CC(C)(C)OC(=O)N1CCN(Cc2ccc(-n3c(-c4cccnc4N)nc4ccc(-c5ccc(=O)[nH]c5)nc43)cc2)CC1. The minimum atomic E-state index is -0.502. The number of nitrogens with zero attached hydrogens (tertiary/aromatic N) is 6. The lowest BCUT2D eigenvalue weighted by molar-refractivity contribution is 0.0139. The molecule has 0 spiro atoms. The minimum Gasteiger partial charge on any atom is -0.444 e. The van der Waals surface area contributed by atoms with Gasteiger partial charge in [-0.2, -0.15) is 0 Å². The van der Waals surface area contributed by atoms with Crippen molar-refractivity contribution in [3.8, 4) is 28.3 Å². The molecule has 11 heteroatoms. The molecule has 220 valence electrons. The zero-order valence-electron chi connectivity index (χ0n) is 24.4. The summed E-state index contributed by atoms with van der Waals surface area (Å²) in [6, 6.07) is 19.1. The Morgan fingerprint density at radius 3 is 2.42 bits per heavy atom. The van der Waals surface area contributed by atoms with Gasteiger partial charge in [0, 0.05) is 62.4 Å². The number of hydrogen-bond acceptors (Lipinski definition) is 8. The third-order valence-corrected chi connectivity index (χ3v) is 7.29. The molecule has 1 fully saturated rings. The molecule has 1 aromatic carbocycles. The zero-order chi connectivity index (χ0) is 30.1. The fourth-order valence-corrected chi connectivity index (χ4v) is 5.14. The molecule has 0 bridgehead atoms. The van der Waals surface area contributed by atoms with Gasteiger partial charge < -0.3 is 20.4 Å². The monoisotopic (exact) mass is 578 g/mol. The van der Waals surface area contributed by atoms with E-state index in [9.17, 15) is 9.59 Å². The maximum atomic E-state index is 12.4. The standard InChI is InChI=1S/C32H34N8O3/c1-32(2,3)43-31(42)39-17-15-38(16-18-39)20-21-6-9-23(10-7-21)40-29(24-5-4-14-34-28(24)33)37-26-12-11-25(36-30(26)40)22-8-13-27(41)35-19-22/h4-14,19H,15-18,20H2,1-3H3,(H2,33,34)(H,35,41). The molecule has 4 aromatic heterocycles. The number of pyridine rings is 3. The van der Waals surface area contributed by atoms with Crippen molar-refractivity contribution in [2.45, 2.75) is 32.9 Å². The normalized spacial score (nSPS) is 14.3. The van der Waals surface area contributed by atoms with Gasteiger partial charge in [0.1, 0.15) is 16.9 Å². The summed E-state index contributed by atoms with van der Waals surface area (Å²) in [4.78, 5) is 45.0. The maximum Gasteiger partial charge on any atom is 0.410 e. The molecule has 1 amide bonds. The van der Waals surface area contributed by atoms with Crippen molar-refractivity contribution in [2.24, 2.45) is 0 Å². The number of nitrogen functional groups attached to an aromatic ring is 1. The summed E-state index contributed by atoms with van der Waals surface area (Å²) in [5.41, 5.74) is 11.2. The largest absolute Gasteiger partial charge is 0.444 e. The molecule has 5 heterocycles. The van der Waals surface area contributed by atoms with Crippen LogP contribution >= 0.6 is 0 Å². The first-order chi connectivity index (χ1) is 20.6. The molecule has 11 nitrogen and oxygen atoms in total. The number of ether oxygens (including phenoxy) is 1. The predicted molar refractivity (Wildman–Crippen MR) is 166 cm³/mol. The van der Waals surface area contributed by atoms with Crippen molar-refractivity contribution >= 4 is 23.1 Å². The molecule has 0 saturated carbocycles. The lowest BCUT2D eigenvalue weighted by Crippen LogP contribution is -2.49. The zero-order valence-corrected chi connectivity index (χ0v) is 24.4. The van der Waals surface area contributed by atoms with Crippen molar-refractivity contribution < 1.29 is 9.53 Å². The Balaban J connectivity index is 1.28. The Bertz CT molecular complexity index is 1810. The Hall–Kier alpha value is -5.03. The summed E-state index contributed by atoms with van der Waals surface area (Å²) in [7, 11) is 0. The van der Waals surface area contributed by atoms with E-state index in [0.29, 0.717) is 47.2 Å². The Kier molecular flexibility index (Phi) is 7.41. The van der Waals surface area contributed by atoms with Crippen LogP contribution in [0.15, 0.2) is 77.9 Å². The molecule has 1 saturated heterocycles. The number of carbonyl (C=O) groups is 1. The minimum absolute atomic E-state index is 0.172. The van der Waals surface area contributed by atoms with E-state index < -0.39 is 5.60 Å². The first-order valence-electron chi connectivity index (χ1n) is 14.2. The van der Waals surface area contributed by atoms with Crippen molar-refractivity contribution in [2.75, 3.05) is 31.9 Å². The molecule has 43 heavy (non-hydrogen) atoms. The summed E-state index contributed by atoms with van der Waals surface area (Å²) in [6.45, 7) is 9.23. The second-order valence-corrected chi connectivity index (χ2v) is 11.6. The number of H-pyrrole nitrogens is 1. The molecule has 0 unspecified atom stereocenters. The average Bonchev–Trinajstić information content (AvgIpc) is 3.36. The number of hydrogen-bond donors (Lipinski definition) is 2. The average molecular weight is 579 g/mol. The van der Waals surface area contributed by atoms with Crippen LogP contribution < -0.4 is 11.3 Å². The highest BCUT2D eigenvalue weighted by atomic mass is 16.6. The van der Waals surface area contributed by atoms with Gasteiger partial charge in [0.25, 0.3) is 0 Å². The number of aromatic nitrogens is 5. The Labute approximate surface area is 249 Å². The number of fused-ring (bicyclic) bond motifs is 1. The summed E-state index contributed by atoms with van der Waals surface area (Å²) in [6.07, 6.45) is 3.05. The highest BCUT2D eigenvalue weighted by Gasteiger charge is 2.26. The predicted octanol–water partition coefficient (Wildman–Crippen LogP) is 4.47. The van der Waals surface area contributed by atoms with E-state index in [-0.39, 0.29) is 11.7 Å². The number of rotatable bonds is 5. The molecular formula is C32H34N8O3.